The molecule has 0 unspecified atom stereocenters. The van der Waals surface area contributed by atoms with E-state index >= 15 is 0 Å². The van der Waals surface area contributed by atoms with Crippen molar-refractivity contribution < 1.29 is 18.6 Å². The fraction of sp³-hybridized carbons (Fsp3) is 1.00. The molecular weight excluding hydrogens is 252 g/mol. The molecule has 0 aromatic carbocycles. The molecule has 1 aliphatic rings. The molecule has 1 rings (SSSR count). The van der Waals surface area contributed by atoms with Crippen LogP contribution in [0.25, 0.3) is 0 Å². The minimum Gasteiger partial charge on any atom is -0.390 e. The van der Waals surface area contributed by atoms with E-state index in [4.69, 9.17) is 0 Å². The summed E-state index contributed by atoms with van der Waals surface area (Å²) in [4.78, 5) is 0. The standard InChI is InChI=1S/C13H26O4S/c1-8(2)10-6-9(11(14)12(10)15)7-18(16,17)13(3,4)5/h8-12,14-15H,6-7H2,1-5H3/t9-,10+,11-,12+/m1/s1. The largest absolute Gasteiger partial charge is 0.390 e. The number of hydrogen-bond acceptors (Lipinski definition) is 4. The van der Waals surface area contributed by atoms with Crippen LogP contribution in [0.4, 0.5) is 0 Å². The molecule has 4 atom stereocenters. The first kappa shape index (κ1) is 15.9. The van der Waals surface area contributed by atoms with Crippen molar-refractivity contribution >= 4 is 9.84 Å². The molecule has 1 fully saturated rings. The number of hydrogen-bond donors (Lipinski definition) is 2. The Labute approximate surface area is 110 Å². The molecule has 2 N–H and O–H groups in total. The predicted octanol–water partition coefficient (Wildman–Crippen LogP) is 1.21. The van der Waals surface area contributed by atoms with E-state index in [1.54, 1.807) is 20.8 Å². The van der Waals surface area contributed by atoms with Gasteiger partial charge < -0.3 is 10.2 Å². The van der Waals surface area contributed by atoms with Crippen molar-refractivity contribution in [3.05, 3.63) is 0 Å². The van der Waals surface area contributed by atoms with Crippen LogP contribution in [0.5, 0.6) is 0 Å². The van der Waals surface area contributed by atoms with E-state index in [0.717, 1.165) is 0 Å². The Balaban J connectivity index is 2.82. The molecular formula is C13H26O4S. The van der Waals surface area contributed by atoms with Crippen LogP contribution in [0.1, 0.15) is 41.0 Å². The molecule has 0 aromatic heterocycles. The van der Waals surface area contributed by atoms with E-state index in [1.807, 2.05) is 13.8 Å². The normalized spacial score (nSPS) is 34.2. The Hall–Kier alpha value is -0.130. The second kappa shape index (κ2) is 5.10. The fourth-order valence-electron chi connectivity index (χ4n) is 2.53. The summed E-state index contributed by atoms with van der Waals surface area (Å²) < 4.78 is 23.5. The Kier molecular flexibility index (Phi) is 4.51. The molecule has 0 heterocycles. The molecule has 4 nitrogen and oxygen atoms in total. The van der Waals surface area contributed by atoms with Gasteiger partial charge in [-0.1, -0.05) is 13.8 Å². The third-order valence-corrected chi connectivity index (χ3v) is 6.80. The lowest BCUT2D eigenvalue weighted by atomic mass is 9.92. The second-order valence-electron chi connectivity index (χ2n) is 6.78. The molecule has 0 saturated heterocycles. The van der Waals surface area contributed by atoms with E-state index < -0.39 is 26.8 Å². The summed E-state index contributed by atoms with van der Waals surface area (Å²) in [6, 6.07) is 0. The van der Waals surface area contributed by atoms with Crippen molar-refractivity contribution in [2.45, 2.75) is 58.0 Å². The van der Waals surface area contributed by atoms with Crippen molar-refractivity contribution in [2.24, 2.45) is 17.8 Å². The van der Waals surface area contributed by atoms with Gasteiger partial charge in [-0.25, -0.2) is 8.42 Å². The lowest BCUT2D eigenvalue weighted by Gasteiger charge is -2.23. The molecule has 0 bridgehead atoms. The van der Waals surface area contributed by atoms with Crippen LogP contribution in [-0.2, 0) is 9.84 Å². The summed E-state index contributed by atoms with van der Waals surface area (Å²) in [6.45, 7) is 8.97. The smallest absolute Gasteiger partial charge is 0.155 e. The van der Waals surface area contributed by atoms with Crippen LogP contribution in [0, 0.1) is 17.8 Å². The van der Waals surface area contributed by atoms with Gasteiger partial charge in [0, 0.05) is 5.92 Å². The highest BCUT2D eigenvalue weighted by Crippen LogP contribution is 2.38. The maximum absolute atomic E-state index is 12.1. The molecule has 0 radical (unpaired) electrons. The summed E-state index contributed by atoms with van der Waals surface area (Å²) in [5, 5.41) is 19.9. The highest BCUT2D eigenvalue weighted by molar-refractivity contribution is 7.92. The van der Waals surface area contributed by atoms with Gasteiger partial charge in [-0.05, 0) is 39.0 Å². The van der Waals surface area contributed by atoms with Crippen LogP contribution in [0.3, 0.4) is 0 Å². The highest BCUT2D eigenvalue weighted by atomic mass is 32.2. The van der Waals surface area contributed by atoms with Gasteiger partial charge in [0.2, 0.25) is 0 Å². The van der Waals surface area contributed by atoms with Gasteiger partial charge in [0.05, 0.1) is 22.7 Å². The third kappa shape index (κ3) is 3.06. The highest BCUT2D eigenvalue weighted by Gasteiger charge is 2.45. The zero-order valence-electron chi connectivity index (χ0n) is 11.9. The maximum Gasteiger partial charge on any atom is 0.155 e. The minimum absolute atomic E-state index is 0.0137. The summed E-state index contributed by atoms with van der Waals surface area (Å²) in [5.41, 5.74) is 0. The lowest BCUT2D eigenvalue weighted by Crippen LogP contribution is -2.37. The maximum atomic E-state index is 12.1. The second-order valence-corrected chi connectivity index (χ2v) is 9.57. The molecule has 5 heteroatoms. The Bertz CT molecular complexity index is 380. The third-order valence-electron chi connectivity index (χ3n) is 4.07. The Morgan fingerprint density at radius 1 is 1.17 bits per heavy atom. The average molecular weight is 278 g/mol. The topological polar surface area (TPSA) is 74.6 Å². The zero-order chi connectivity index (χ0) is 14.3. The van der Waals surface area contributed by atoms with E-state index in [0.29, 0.717) is 6.42 Å². The molecule has 0 spiro atoms. The first-order chi connectivity index (χ1) is 7.97. The Morgan fingerprint density at radius 3 is 2.00 bits per heavy atom. The summed E-state index contributed by atoms with van der Waals surface area (Å²) in [6.07, 6.45) is -1.14. The van der Waals surface area contributed by atoms with Crippen molar-refractivity contribution in [3.8, 4) is 0 Å². The number of aliphatic hydroxyl groups is 2. The van der Waals surface area contributed by atoms with Crippen LogP contribution in [0.2, 0.25) is 0 Å². The first-order valence-corrected chi connectivity index (χ1v) is 8.21. The molecule has 108 valence electrons. The number of rotatable bonds is 3. The molecule has 1 saturated carbocycles. The predicted molar refractivity (Wildman–Crippen MR) is 72.0 cm³/mol. The lowest BCUT2D eigenvalue weighted by molar-refractivity contribution is -0.00101. The fourth-order valence-corrected chi connectivity index (χ4v) is 3.92. The van der Waals surface area contributed by atoms with Crippen LogP contribution < -0.4 is 0 Å². The SMILES string of the molecule is CC(C)[C@@H]1C[C@H](CS(=O)(=O)C(C)(C)C)[C@@H](O)[C@H]1O. The molecule has 0 aromatic rings. The number of aliphatic hydroxyl groups excluding tert-OH is 2. The van der Waals surface area contributed by atoms with E-state index in [2.05, 4.69) is 0 Å². The van der Waals surface area contributed by atoms with Crippen molar-refractivity contribution in [1.82, 2.24) is 0 Å². The van der Waals surface area contributed by atoms with Gasteiger partial charge >= 0.3 is 0 Å². The molecule has 0 amide bonds. The minimum atomic E-state index is -3.26. The van der Waals surface area contributed by atoms with Gasteiger partial charge in [0.15, 0.2) is 9.84 Å². The molecule has 0 aliphatic heterocycles. The van der Waals surface area contributed by atoms with E-state index in [-0.39, 0.29) is 23.5 Å². The monoisotopic (exact) mass is 278 g/mol. The zero-order valence-corrected chi connectivity index (χ0v) is 12.7. The van der Waals surface area contributed by atoms with Crippen LogP contribution in [-0.4, -0.2) is 41.3 Å². The summed E-state index contributed by atoms with van der Waals surface area (Å²) in [7, 11) is -3.26. The first-order valence-electron chi connectivity index (χ1n) is 6.56. The average Bonchev–Trinajstić information content (AvgIpc) is 2.44. The summed E-state index contributed by atoms with van der Waals surface area (Å²) in [5.74, 6) is -0.161. The van der Waals surface area contributed by atoms with Gasteiger partial charge in [-0.2, -0.15) is 0 Å². The van der Waals surface area contributed by atoms with Gasteiger partial charge in [0.25, 0.3) is 0 Å². The van der Waals surface area contributed by atoms with E-state index in [1.165, 1.54) is 0 Å². The van der Waals surface area contributed by atoms with E-state index in [9.17, 15) is 18.6 Å². The summed E-state index contributed by atoms with van der Waals surface area (Å²) >= 11 is 0. The number of sulfone groups is 1. The van der Waals surface area contributed by atoms with Gasteiger partial charge in [-0.15, -0.1) is 0 Å². The van der Waals surface area contributed by atoms with Gasteiger partial charge in [-0.3, -0.25) is 0 Å². The van der Waals surface area contributed by atoms with Crippen LogP contribution in [0.15, 0.2) is 0 Å². The van der Waals surface area contributed by atoms with Crippen LogP contribution >= 0.6 is 0 Å². The van der Waals surface area contributed by atoms with Crippen molar-refractivity contribution in [3.63, 3.8) is 0 Å². The van der Waals surface area contributed by atoms with Crippen molar-refractivity contribution in [2.75, 3.05) is 5.75 Å². The quantitative estimate of drug-likeness (QED) is 0.814. The molecule has 1 aliphatic carbocycles. The molecule has 18 heavy (non-hydrogen) atoms. The Morgan fingerprint density at radius 2 is 1.67 bits per heavy atom. The van der Waals surface area contributed by atoms with Crippen molar-refractivity contribution in [1.29, 1.82) is 0 Å². The van der Waals surface area contributed by atoms with Gasteiger partial charge in [0.1, 0.15) is 0 Å².